The number of hydrogen-bond acceptors (Lipinski definition) is 8. The summed E-state index contributed by atoms with van der Waals surface area (Å²) in [5.74, 6) is 1.04. The van der Waals surface area contributed by atoms with E-state index >= 15 is 0 Å². The van der Waals surface area contributed by atoms with Crippen molar-refractivity contribution < 1.29 is 17.7 Å². The molecule has 0 aliphatic rings. The number of thioether (sulfide) groups is 1. The van der Waals surface area contributed by atoms with E-state index in [4.69, 9.17) is 9.66 Å². The first-order chi connectivity index (χ1) is 13.3. The van der Waals surface area contributed by atoms with Crippen LogP contribution in [0.2, 0.25) is 0 Å². The molecule has 3 heterocycles. The molecule has 1 amide bonds. The number of pyridine rings is 1. The third-order valence-corrected chi connectivity index (χ3v) is 7.45. The van der Waals surface area contributed by atoms with Crippen LogP contribution in [-0.4, -0.2) is 24.5 Å². The van der Waals surface area contributed by atoms with Crippen molar-refractivity contribution in [2.24, 2.45) is 5.14 Å². The molecule has 0 bridgehead atoms. The molecule has 0 fully saturated rings. The molecule has 3 aromatic rings. The number of nitrogens with zero attached hydrogens (tertiary/aromatic N) is 2. The predicted octanol–water partition coefficient (Wildman–Crippen LogP) is 2.62. The number of nitrogens with one attached hydrogen (secondary N) is 1. The number of primary sulfonamides is 1. The van der Waals surface area contributed by atoms with E-state index < -0.39 is 10.0 Å². The van der Waals surface area contributed by atoms with Gasteiger partial charge in [0, 0.05) is 22.4 Å². The van der Waals surface area contributed by atoms with Gasteiger partial charge in [0.05, 0.1) is 17.8 Å². The number of hydrogen-bond donors (Lipinski definition) is 2. The molecule has 0 aliphatic heterocycles. The standard InChI is InChI=1S/C17H18N4O4S3/c1-10-14(11(2)25-21-10)9-26-17-13(4-3-7-19-17)16(22)20-8-12-5-6-15(27-12)28(18,23)24/h3-7H,8-9H2,1-2H3,(H,20,22)(H2,18,23,24). The summed E-state index contributed by atoms with van der Waals surface area (Å²) in [7, 11) is -3.74. The monoisotopic (exact) mass is 438 g/mol. The second-order valence-corrected chi connectivity index (χ2v) is 9.82. The molecule has 3 N–H and O–H groups in total. The molecule has 8 nitrogen and oxygen atoms in total. The molecule has 0 saturated heterocycles. The predicted molar refractivity (Wildman–Crippen MR) is 107 cm³/mol. The molecule has 28 heavy (non-hydrogen) atoms. The van der Waals surface area contributed by atoms with Crippen molar-refractivity contribution in [1.29, 1.82) is 0 Å². The summed E-state index contributed by atoms with van der Waals surface area (Å²) in [6, 6.07) is 6.44. The Kier molecular flexibility index (Phi) is 6.18. The maximum absolute atomic E-state index is 12.6. The van der Waals surface area contributed by atoms with Gasteiger partial charge in [0.25, 0.3) is 5.91 Å². The minimum Gasteiger partial charge on any atom is -0.361 e. The number of aromatic nitrogens is 2. The lowest BCUT2D eigenvalue weighted by Gasteiger charge is -2.08. The molecular formula is C17H18N4O4S3. The molecular weight excluding hydrogens is 420 g/mol. The Balaban J connectivity index is 1.68. The minimum atomic E-state index is -3.74. The maximum atomic E-state index is 12.6. The quantitative estimate of drug-likeness (QED) is 0.543. The fourth-order valence-corrected chi connectivity index (χ4v) is 5.26. The normalized spacial score (nSPS) is 11.5. The molecule has 0 radical (unpaired) electrons. The van der Waals surface area contributed by atoms with Gasteiger partial charge in [-0.15, -0.1) is 23.1 Å². The molecule has 0 spiro atoms. The van der Waals surface area contributed by atoms with E-state index in [-0.39, 0.29) is 16.7 Å². The van der Waals surface area contributed by atoms with Crippen LogP contribution in [0.1, 0.15) is 32.3 Å². The van der Waals surface area contributed by atoms with E-state index in [0.29, 0.717) is 21.2 Å². The van der Waals surface area contributed by atoms with Gasteiger partial charge in [-0.1, -0.05) is 5.16 Å². The molecule has 0 saturated carbocycles. The maximum Gasteiger partial charge on any atom is 0.254 e. The highest BCUT2D eigenvalue weighted by molar-refractivity contribution is 7.98. The zero-order chi connectivity index (χ0) is 20.3. The number of carbonyl (C=O) groups is 1. The highest BCUT2D eigenvalue weighted by atomic mass is 32.2. The average Bonchev–Trinajstić information content (AvgIpc) is 3.25. The minimum absolute atomic E-state index is 0.0637. The lowest BCUT2D eigenvalue weighted by molar-refractivity contribution is 0.0947. The molecule has 0 atom stereocenters. The van der Waals surface area contributed by atoms with Gasteiger partial charge in [0.15, 0.2) is 0 Å². The van der Waals surface area contributed by atoms with Gasteiger partial charge in [-0.3, -0.25) is 4.79 Å². The topological polar surface area (TPSA) is 128 Å². The highest BCUT2D eigenvalue weighted by Crippen LogP contribution is 2.27. The van der Waals surface area contributed by atoms with Crippen molar-refractivity contribution in [3.8, 4) is 0 Å². The van der Waals surface area contributed by atoms with Gasteiger partial charge >= 0.3 is 0 Å². The van der Waals surface area contributed by atoms with Crippen LogP contribution in [0, 0.1) is 13.8 Å². The third kappa shape index (κ3) is 4.79. The summed E-state index contributed by atoms with van der Waals surface area (Å²) in [6.07, 6.45) is 1.63. The number of aryl methyl sites for hydroxylation is 2. The number of nitrogens with two attached hydrogens (primary N) is 1. The van der Waals surface area contributed by atoms with E-state index in [1.54, 1.807) is 24.4 Å². The van der Waals surface area contributed by atoms with Crippen LogP contribution in [0.3, 0.4) is 0 Å². The number of carbonyl (C=O) groups excluding carboxylic acids is 1. The van der Waals surface area contributed by atoms with E-state index in [1.807, 2.05) is 13.8 Å². The lowest BCUT2D eigenvalue weighted by atomic mass is 10.2. The van der Waals surface area contributed by atoms with Gasteiger partial charge in [-0.25, -0.2) is 18.5 Å². The fraction of sp³-hybridized carbons (Fsp3) is 0.235. The molecule has 3 rings (SSSR count). The van der Waals surface area contributed by atoms with Crippen LogP contribution < -0.4 is 10.5 Å². The number of amides is 1. The smallest absolute Gasteiger partial charge is 0.254 e. The summed E-state index contributed by atoms with van der Waals surface area (Å²) in [4.78, 5) is 17.6. The Hall–Kier alpha value is -2.21. The summed E-state index contributed by atoms with van der Waals surface area (Å²) in [5, 5.41) is 12.4. The van der Waals surface area contributed by atoms with E-state index in [9.17, 15) is 13.2 Å². The first-order valence-corrected chi connectivity index (χ1v) is 11.5. The summed E-state index contributed by atoms with van der Waals surface area (Å²) in [6.45, 7) is 3.91. The van der Waals surface area contributed by atoms with Gasteiger partial charge < -0.3 is 9.84 Å². The second kappa shape index (κ2) is 8.43. The van der Waals surface area contributed by atoms with Crippen LogP contribution in [0.5, 0.6) is 0 Å². The van der Waals surface area contributed by atoms with Gasteiger partial charge in [0.1, 0.15) is 15.0 Å². The third-order valence-electron chi connectivity index (χ3n) is 3.89. The number of thiophene rings is 1. The lowest BCUT2D eigenvalue weighted by Crippen LogP contribution is -2.23. The SMILES string of the molecule is Cc1noc(C)c1CSc1ncccc1C(=O)NCc1ccc(S(N)(=O)=O)s1. The van der Waals surface area contributed by atoms with Crippen LogP contribution in [0.15, 0.2) is 44.2 Å². The molecule has 3 aromatic heterocycles. The van der Waals surface area contributed by atoms with E-state index in [0.717, 1.165) is 28.4 Å². The molecule has 0 aliphatic carbocycles. The van der Waals surface area contributed by atoms with Gasteiger partial charge in [-0.05, 0) is 38.1 Å². The number of rotatable bonds is 7. The Morgan fingerprint density at radius 1 is 1.32 bits per heavy atom. The highest BCUT2D eigenvalue weighted by Gasteiger charge is 2.16. The number of sulfonamides is 1. The van der Waals surface area contributed by atoms with Crippen LogP contribution in [0.4, 0.5) is 0 Å². The van der Waals surface area contributed by atoms with Crippen LogP contribution in [-0.2, 0) is 22.3 Å². The summed E-state index contributed by atoms with van der Waals surface area (Å²) in [5.41, 5.74) is 2.24. The molecule has 11 heteroatoms. The van der Waals surface area contributed by atoms with Crippen molar-refractivity contribution in [3.05, 3.63) is 57.9 Å². The molecule has 0 aromatic carbocycles. The Morgan fingerprint density at radius 3 is 2.75 bits per heavy atom. The van der Waals surface area contributed by atoms with Crippen molar-refractivity contribution in [1.82, 2.24) is 15.5 Å². The largest absolute Gasteiger partial charge is 0.361 e. The van der Waals surface area contributed by atoms with Gasteiger partial charge in [0.2, 0.25) is 10.0 Å². The molecule has 0 unspecified atom stereocenters. The first kappa shape index (κ1) is 20.5. The van der Waals surface area contributed by atoms with Crippen molar-refractivity contribution in [2.45, 2.75) is 35.4 Å². The van der Waals surface area contributed by atoms with E-state index in [2.05, 4.69) is 15.5 Å². The van der Waals surface area contributed by atoms with Crippen molar-refractivity contribution in [3.63, 3.8) is 0 Å². The zero-order valence-corrected chi connectivity index (χ0v) is 17.6. The zero-order valence-electron chi connectivity index (χ0n) is 15.1. The van der Waals surface area contributed by atoms with Crippen LogP contribution >= 0.6 is 23.1 Å². The average molecular weight is 439 g/mol. The van der Waals surface area contributed by atoms with Crippen LogP contribution in [0.25, 0.3) is 0 Å². The first-order valence-electron chi connectivity index (χ1n) is 8.15. The van der Waals surface area contributed by atoms with Gasteiger partial charge in [-0.2, -0.15) is 0 Å². The summed E-state index contributed by atoms with van der Waals surface area (Å²) < 4.78 is 27.9. The van der Waals surface area contributed by atoms with Crippen molar-refractivity contribution >= 4 is 39.0 Å². The Morgan fingerprint density at radius 2 is 2.11 bits per heavy atom. The Bertz CT molecular complexity index is 1090. The van der Waals surface area contributed by atoms with E-state index in [1.165, 1.54) is 17.8 Å². The summed E-state index contributed by atoms with van der Waals surface area (Å²) >= 11 is 2.45. The second-order valence-electron chi connectivity index (χ2n) is 5.90. The molecule has 148 valence electrons. The Labute approximate surface area is 170 Å². The van der Waals surface area contributed by atoms with Crippen molar-refractivity contribution in [2.75, 3.05) is 0 Å². The fourth-order valence-electron chi connectivity index (χ4n) is 2.40.